The van der Waals surface area contributed by atoms with Crippen molar-refractivity contribution in [3.63, 3.8) is 0 Å². The van der Waals surface area contributed by atoms with E-state index in [0.29, 0.717) is 23.0 Å². The molecule has 0 aliphatic carbocycles. The number of nitrogens with zero attached hydrogens (tertiary/aromatic N) is 3. The van der Waals surface area contributed by atoms with Crippen molar-refractivity contribution in [3.8, 4) is 34.3 Å². The molecule has 3 rings (SSSR count). The molecule has 1 N–H and O–H groups in total. The number of pyridine rings is 1. The first-order chi connectivity index (χ1) is 11.0. The van der Waals surface area contributed by atoms with Crippen molar-refractivity contribution < 1.29 is 14.4 Å². The molecular weight excluding hydrogens is 294 g/mol. The molecule has 0 radical (unpaired) electrons. The van der Waals surface area contributed by atoms with Crippen molar-refractivity contribution in [3.05, 3.63) is 42.2 Å². The topological polar surface area (TPSA) is 81.3 Å². The van der Waals surface area contributed by atoms with Gasteiger partial charge < -0.3 is 14.4 Å². The van der Waals surface area contributed by atoms with Crippen LogP contribution in [0.3, 0.4) is 0 Å². The molecule has 0 saturated heterocycles. The second kappa shape index (κ2) is 6.08. The summed E-state index contributed by atoms with van der Waals surface area (Å²) < 4.78 is 10.8. The van der Waals surface area contributed by atoms with Crippen LogP contribution in [0.5, 0.6) is 11.5 Å². The molecule has 23 heavy (non-hydrogen) atoms. The lowest BCUT2D eigenvalue weighted by atomic mass is 10.1. The fourth-order valence-corrected chi connectivity index (χ4v) is 2.17. The number of ether oxygens (including phenoxy) is 1. The van der Waals surface area contributed by atoms with E-state index in [9.17, 15) is 5.11 Å². The number of aromatic nitrogens is 3. The number of aromatic hydroxyl groups is 1. The summed E-state index contributed by atoms with van der Waals surface area (Å²) in [5.74, 6) is 1.30. The van der Waals surface area contributed by atoms with Crippen molar-refractivity contribution in [1.82, 2.24) is 15.1 Å². The smallest absolute Gasteiger partial charge is 0.258 e. The SMILES string of the molecule is Cc1cnccc1-c1nc(-c2ccc(OC(C)C)c(O)c2)no1. The highest BCUT2D eigenvalue weighted by molar-refractivity contribution is 5.64. The van der Waals surface area contributed by atoms with Crippen LogP contribution in [0.4, 0.5) is 0 Å². The van der Waals surface area contributed by atoms with Crippen LogP contribution >= 0.6 is 0 Å². The maximum Gasteiger partial charge on any atom is 0.258 e. The zero-order valence-corrected chi connectivity index (χ0v) is 13.1. The second-order valence-electron chi connectivity index (χ2n) is 5.46. The lowest BCUT2D eigenvalue weighted by molar-refractivity contribution is 0.232. The highest BCUT2D eigenvalue weighted by Gasteiger charge is 2.14. The van der Waals surface area contributed by atoms with Crippen LogP contribution < -0.4 is 4.74 Å². The summed E-state index contributed by atoms with van der Waals surface area (Å²) in [4.78, 5) is 8.43. The Morgan fingerprint density at radius 2 is 2.04 bits per heavy atom. The van der Waals surface area contributed by atoms with Crippen LogP contribution in [-0.2, 0) is 0 Å². The summed E-state index contributed by atoms with van der Waals surface area (Å²) in [5, 5.41) is 14.0. The van der Waals surface area contributed by atoms with Gasteiger partial charge in [0, 0.05) is 23.5 Å². The zero-order chi connectivity index (χ0) is 16.4. The number of aryl methyl sites for hydroxylation is 1. The van der Waals surface area contributed by atoms with Gasteiger partial charge in [-0.25, -0.2) is 0 Å². The first-order valence-electron chi connectivity index (χ1n) is 7.29. The predicted molar refractivity (Wildman–Crippen MR) is 85.1 cm³/mol. The average Bonchev–Trinajstić information content (AvgIpc) is 2.99. The highest BCUT2D eigenvalue weighted by Crippen LogP contribution is 2.32. The highest BCUT2D eigenvalue weighted by atomic mass is 16.5. The molecule has 0 fully saturated rings. The van der Waals surface area contributed by atoms with Crippen molar-refractivity contribution in [2.75, 3.05) is 0 Å². The van der Waals surface area contributed by atoms with Crippen LogP contribution in [0.1, 0.15) is 19.4 Å². The van der Waals surface area contributed by atoms with E-state index in [1.807, 2.05) is 26.8 Å². The van der Waals surface area contributed by atoms with Crippen LogP contribution in [0, 0.1) is 6.92 Å². The lowest BCUT2D eigenvalue weighted by Gasteiger charge is -2.11. The maximum atomic E-state index is 10.1. The van der Waals surface area contributed by atoms with Gasteiger partial charge in [-0.1, -0.05) is 5.16 Å². The third-order valence-electron chi connectivity index (χ3n) is 3.26. The second-order valence-corrected chi connectivity index (χ2v) is 5.46. The Balaban J connectivity index is 1.92. The van der Waals surface area contributed by atoms with Gasteiger partial charge in [-0.2, -0.15) is 4.98 Å². The van der Waals surface area contributed by atoms with E-state index in [1.54, 1.807) is 30.6 Å². The Kier molecular flexibility index (Phi) is 3.97. The zero-order valence-electron chi connectivity index (χ0n) is 13.1. The average molecular weight is 311 g/mol. The molecular formula is C17H17N3O3. The van der Waals surface area contributed by atoms with E-state index in [2.05, 4.69) is 15.1 Å². The first-order valence-corrected chi connectivity index (χ1v) is 7.29. The predicted octanol–water partition coefficient (Wildman–Crippen LogP) is 3.60. The van der Waals surface area contributed by atoms with Crippen LogP contribution in [0.15, 0.2) is 41.2 Å². The van der Waals surface area contributed by atoms with Crippen molar-refractivity contribution >= 4 is 0 Å². The van der Waals surface area contributed by atoms with Gasteiger partial charge in [0.15, 0.2) is 11.5 Å². The molecule has 0 aliphatic rings. The molecule has 0 spiro atoms. The van der Waals surface area contributed by atoms with Gasteiger partial charge >= 0.3 is 0 Å². The largest absolute Gasteiger partial charge is 0.504 e. The Morgan fingerprint density at radius 1 is 1.22 bits per heavy atom. The fourth-order valence-electron chi connectivity index (χ4n) is 2.17. The summed E-state index contributed by atoms with van der Waals surface area (Å²) in [6.45, 7) is 5.72. The molecule has 0 amide bonds. The number of hydrogen-bond acceptors (Lipinski definition) is 6. The summed E-state index contributed by atoms with van der Waals surface area (Å²) in [6, 6.07) is 6.86. The minimum atomic E-state index is -0.0156. The maximum absolute atomic E-state index is 10.1. The molecule has 0 unspecified atom stereocenters. The minimum Gasteiger partial charge on any atom is -0.504 e. The lowest BCUT2D eigenvalue weighted by Crippen LogP contribution is -2.05. The Hall–Kier alpha value is -2.89. The first kappa shape index (κ1) is 15.0. The van der Waals surface area contributed by atoms with Gasteiger partial charge in [0.2, 0.25) is 5.82 Å². The Bertz CT molecular complexity index is 827. The van der Waals surface area contributed by atoms with E-state index in [4.69, 9.17) is 9.26 Å². The van der Waals surface area contributed by atoms with Gasteiger partial charge in [0.1, 0.15) is 0 Å². The third-order valence-corrected chi connectivity index (χ3v) is 3.26. The molecule has 0 aliphatic heterocycles. The Morgan fingerprint density at radius 3 is 2.74 bits per heavy atom. The molecule has 3 aromatic rings. The van der Waals surface area contributed by atoms with Crippen LogP contribution in [0.25, 0.3) is 22.8 Å². The molecule has 2 aromatic heterocycles. The quantitative estimate of drug-likeness (QED) is 0.793. The standard InChI is InChI=1S/C17H17N3O3/c1-10(2)22-15-5-4-12(8-14(15)21)16-19-17(23-20-16)13-6-7-18-9-11(13)3/h4-10,21H,1-3H3. The fraction of sp³-hybridized carbons (Fsp3) is 0.235. The Labute approximate surface area is 133 Å². The summed E-state index contributed by atoms with van der Waals surface area (Å²) in [5.41, 5.74) is 2.44. The molecule has 6 nitrogen and oxygen atoms in total. The van der Waals surface area contributed by atoms with Crippen molar-refractivity contribution in [1.29, 1.82) is 0 Å². The molecule has 0 atom stereocenters. The molecule has 0 bridgehead atoms. The number of phenolic OH excluding ortho intramolecular Hbond substituents is 1. The summed E-state index contributed by atoms with van der Waals surface area (Å²) in [6.07, 6.45) is 3.40. The number of phenols is 1. The van der Waals surface area contributed by atoms with Gasteiger partial charge in [0.25, 0.3) is 5.89 Å². The molecule has 1 aromatic carbocycles. The van der Waals surface area contributed by atoms with Gasteiger partial charge in [-0.05, 0) is 50.6 Å². The van der Waals surface area contributed by atoms with Crippen LogP contribution in [-0.4, -0.2) is 26.3 Å². The summed E-state index contributed by atoms with van der Waals surface area (Å²) in [7, 11) is 0. The van der Waals surface area contributed by atoms with Gasteiger partial charge in [0.05, 0.1) is 6.10 Å². The van der Waals surface area contributed by atoms with E-state index in [0.717, 1.165) is 11.1 Å². The van der Waals surface area contributed by atoms with Gasteiger partial charge in [-0.15, -0.1) is 0 Å². The summed E-state index contributed by atoms with van der Waals surface area (Å²) >= 11 is 0. The molecule has 0 saturated carbocycles. The van der Waals surface area contributed by atoms with Crippen LogP contribution in [0.2, 0.25) is 0 Å². The monoisotopic (exact) mass is 311 g/mol. The van der Waals surface area contributed by atoms with Crippen molar-refractivity contribution in [2.24, 2.45) is 0 Å². The number of benzene rings is 1. The van der Waals surface area contributed by atoms with E-state index >= 15 is 0 Å². The molecule has 6 heteroatoms. The molecule has 118 valence electrons. The minimum absolute atomic E-state index is 0.0156. The third kappa shape index (κ3) is 3.15. The van der Waals surface area contributed by atoms with E-state index in [1.165, 1.54) is 0 Å². The van der Waals surface area contributed by atoms with Crippen molar-refractivity contribution in [2.45, 2.75) is 26.9 Å². The normalized spacial score (nSPS) is 11.0. The van der Waals surface area contributed by atoms with E-state index in [-0.39, 0.29) is 11.9 Å². The molecule has 2 heterocycles. The van der Waals surface area contributed by atoms with E-state index < -0.39 is 0 Å². The number of rotatable bonds is 4. The van der Waals surface area contributed by atoms with Gasteiger partial charge in [-0.3, -0.25) is 4.98 Å². The number of hydrogen-bond donors (Lipinski definition) is 1.